The van der Waals surface area contributed by atoms with Gasteiger partial charge in [0.25, 0.3) is 0 Å². The minimum absolute atomic E-state index is 0.348. The number of hydrogen-bond acceptors (Lipinski definition) is 4. The molecule has 0 spiro atoms. The van der Waals surface area contributed by atoms with Gasteiger partial charge in [-0.15, -0.1) is 0 Å². The lowest BCUT2D eigenvalue weighted by Crippen LogP contribution is -2.34. The molecule has 1 aliphatic carbocycles. The van der Waals surface area contributed by atoms with E-state index in [4.69, 9.17) is 0 Å². The van der Waals surface area contributed by atoms with E-state index in [-0.39, 0.29) is 5.91 Å². The second-order valence-corrected chi connectivity index (χ2v) is 9.29. The molecule has 2 atom stereocenters. The van der Waals surface area contributed by atoms with Crippen LogP contribution in [0.15, 0.2) is 18.2 Å². The van der Waals surface area contributed by atoms with Gasteiger partial charge in [-0.2, -0.15) is 0 Å². The number of amides is 1. The molecule has 25 heavy (non-hydrogen) atoms. The van der Waals surface area contributed by atoms with E-state index in [0.717, 1.165) is 24.7 Å². The zero-order valence-corrected chi connectivity index (χ0v) is 15.3. The Kier molecular flexibility index (Phi) is 4.06. The fourth-order valence-corrected chi connectivity index (χ4v) is 4.76. The van der Waals surface area contributed by atoms with Gasteiger partial charge in [0, 0.05) is 12.2 Å². The Morgan fingerprint density at radius 2 is 1.96 bits per heavy atom. The predicted octanol–water partition coefficient (Wildman–Crippen LogP) is 1.69. The summed E-state index contributed by atoms with van der Waals surface area (Å²) in [6.07, 6.45) is 2.70. The molecule has 136 valence electrons. The first-order valence-corrected chi connectivity index (χ1v) is 10.0. The molecule has 1 fully saturated rings. The number of benzene rings is 1. The van der Waals surface area contributed by atoms with Crippen LogP contribution >= 0.6 is 0 Å². The Labute approximate surface area is 147 Å². The normalized spacial score (nSPS) is 24.4. The molecule has 7 nitrogen and oxygen atoms in total. The summed E-state index contributed by atoms with van der Waals surface area (Å²) in [5.41, 5.74) is 1.40. The minimum Gasteiger partial charge on any atom is -0.481 e. The van der Waals surface area contributed by atoms with Crippen molar-refractivity contribution in [3.05, 3.63) is 23.8 Å². The Morgan fingerprint density at radius 1 is 1.28 bits per heavy atom. The third-order valence-corrected chi connectivity index (χ3v) is 6.38. The highest BCUT2D eigenvalue weighted by Crippen LogP contribution is 2.58. The summed E-state index contributed by atoms with van der Waals surface area (Å²) in [6, 6.07) is 5.20. The summed E-state index contributed by atoms with van der Waals surface area (Å²) in [5.74, 6) is -2.61. The predicted molar refractivity (Wildman–Crippen MR) is 94.0 cm³/mol. The molecule has 1 amide bonds. The molecule has 1 heterocycles. The van der Waals surface area contributed by atoms with Crippen LogP contribution in [0.1, 0.15) is 25.8 Å². The number of carboxylic acid groups (broad SMARTS) is 1. The van der Waals surface area contributed by atoms with Crippen molar-refractivity contribution < 1.29 is 23.1 Å². The summed E-state index contributed by atoms with van der Waals surface area (Å²) in [7, 11) is -3.38. The summed E-state index contributed by atoms with van der Waals surface area (Å²) in [6.45, 7) is 3.93. The van der Waals surface area contributed by atoms with Crippen LogP contribution in [0.2, 0.25) is 0 Å². The number of nitrogens with zero attached hydrogens (tertiary/aromatic N) is 1. The topological polar surface area (TPSA) is 104 Å². The molecule has 1 aromatic carbocycles. The highest BCUT2D eigenvalue weighted by molar-refractivity contribution is 7.92. The van der Waals surface area contributed by atoms with Gasteiger partial charge in [0.1, 0.15) is 0 Å². The number of sulfonamides is 1. The van der Waals surface area contributed by atoms with Gasteiger partial charge in [0.2, 0.25) is 15.9 Å². The van der Waals surface area contributed by atoms with Crippen LogP contribution in [0.4, 0.5) is 11.4 Å². The number of nitrogens with one attached hydrogen (secondary N) is 1. The molecule has 0 saturated heterocycles. The van der Waals surface area contributed by atoms with Crippen molar-refractivity contribution in [1.29, 1.82) is 0 Å². The minimum atomic E-state index is -3.38. The molecule has 0 unspecified atom stereocenters. The van der Waals surface area contributed by atoms with E-state index >= 15 is 0 Å². The van der Waals surface area contributed by atoms with Gasteiger partial charge in [-0.3, -0.25) is 13.9 Å². The SMILES string of the molecule is CC1(C)[C@H](C(=O)Nc2ccc3c(c2)N(S(C)(=O)=O)CCC3)[C@@H]1C(=O)O. The monoisotopic (exact) mass is 366 g/mol. The lowest BCUT2D eigenvalue weighted by Gasteiger charge is -2.29. The van der Waals surface area contributed by atoms with Crippen molar-refractivity contribution in [3.8, 4) is 0 Å². The number of rotatable bonds is 4. The average Bonchev–Trinajstić information content (AvgIpc) is 3.08. The van der Waals surface area contributed by atoms with E-state index in [1.165, 1.54) is 4.31 Å². The zero-order chi connectivity index (χ0) is 18.6. The Morgan fingerprint density at radius 3 is 2.52 bits per heavy atom. The number of fused-ring (bicyclic) bond motifs is 1. The van der Waals surface area contributed by atoms with E-state index < -0.39 is 33.2 Å². The van der Waals surface area contributed by atoms with Gasteiger partial charge in [0.05, 0.1) is 23.8 Å². The lowest BCUT2D eigenvalue weighted by atomic mass is 10.0. The number of aryl methyl sites for hydroxylation is 1. The third kappa shape index (κ3) is 3.10. The van der Waals surface area contributed by atoms with Crippen LogP contribution in [0.5, 0.6) is 0 Å². The van der Waals surface area contributed by atoms with Crippen molar-refractivity contribution in [2.45, 2.75) is 26.7 Å². The van der Waals surface area contributed by atoms with Gasteiger partial charge in [-0.05, 0) is 36.0 Å². The molecule has 0 bridgehead atoms. The van der Waals surface area contributed by atoms with E-state index in [0.29, 0.717) is 17.9 Å². The summed E-state index contributed by atoms with van der Waals surface area (Å²) in [4.78, 5) is 23.7. The molecule has 3 rings (SSSR count). The Balaban J connectivity index is 1.84. The molecule has 1 aromatic rings. The molecular formula is C17H22N2O5S. The second kappa shape index (κ2) is 5.72. The average molecular weight is 366 g/mol. The van der Waals surface area contributed by atoms with Crippen molar-refractivity contribution in [2.24, 2.45) is 17.3 Å². The van der Waals surface area contributed by atoms with Crippen molar-refractivity contribution >= 4 is 33.3 Å². The first kappa shape index (κ1) is 17.7. The maximum absolute atomic E-state index is 12.4. The van der Waals surface area contributed by atoms with E-state index in [1.807, 2.05) is 6.07 Å². The molecule has 1 saturated carbocycles. The lowest BCUT2D eigenvalue weighted by molar-refractivity contribution is -0.140. The molecule has 2 aliphatic rings. The molecule has 0 aromatic heterocycles. The van der Waals surface area contributed by atoms with Crippen LogP contribution in [0.3, 0.4) is 0 Å². The van der Waals surface area contributed by atoms with E-state index in [2.05, 4.69) is 5.32 Å². The van der Waals surface area contributed by atoms with Crippen molar-refractivity contribution in [3.63, 3.8) is 0 Å². The molecule has 1 aliphatic heterocycles. The standard InChI is InChI=1S/C17H22N2O5S/c1-17(2)13(14(17)16(21)22)15(20)18-11-7-6-10-5-4-8-19(12(10)9-11)25(3,23)24/h6-7,9,13-14H,4-5,8H2,1-3H3,(H,18,20)(H,21,22)/t13-,14+/m0/s1. The van der Waals surface area contributed by atoms with E-state index in [9.17, 15) is 23.1 Å². The first-order valence-electron chi connectivity index (χ1n) is 8.18. The van der Waals surface area contributed by atoms with Gasteiger partial charge in [-0.1, -0.05) is 19.9 Å². The quantitative estimate of drug-likeness (QED) is 0.844. The van der Waals surface area contributed by atoms with E-state index in [1.54, 1.807) is 26.0 Å². The summed E-state index contributed by atoms with van der Waals surface area (Å²) in [5, 5.41) is 11.9. The van der Waals surface area contributed by atoms with Crippen LogP contribution in [-0.4, -0.2) is 38.2 Å². The highest BCUT2D eigenvalue weighted by Gasteiger charge is 2.65. The summed E-state index contributed by atoms with van der Waals surface area (Å²) < 4.78 is 25.3. The zero-order valence-electron chi connectivity index (χ0n) is 14.4. The number of carboxylic acids is 1. The molecule has 8 heteroatoms. The van der Waals surface area contributed by atoms with Gasteiger partial charge >= 0.3 is 5.97 Å². The smallest absolute Gasteiger partial charge is 0.307 e. The van der Waals surface area contributed by atoms with Gasteiger partial charge < -0.3 is 10.4 Å². The molecule has 0 radical (unpaired) electrons. The number of aliphatic carboxylic acids is 1. The molecular weight excluding hydrogens is 344 g/mol. The fraction of sp³-hybridized carbons (Fsp3) is 0.529. The fourth-order valence-electron chi connectivity index (χ4n) is 3.77. The molecule has 2 N–H and O–H groups in total. The van der Waals surface area contributed by atoms with Crippen molar-refractivity contribution in [1.82, 2.24) is 0 Å². The maximum Gasteiger partial charge on any atom is 0.307 e. The van der Waals surface area contributed by atoms with Gasteiger partial charge in [-0.25, -0.2) is 8.42 Å². The van der Waals surface area contributed by atoms with Crippen LogP contribution in [0, 0.1) is 17.3 Å². The van der Waals surface area contributed by atoms with Crippen LogP contribution in [0.25, 0.3) is 0 Å². The number of carbonyl (C=O) groups excluding carboxylic acids is 1. The van der Waals surface area contributed by atoms with Crippen LogP contribution < -0.4 is 9.62 Å². The first-order chi connectivity index (χ1) is 11.5. The maximum atomic E-state index is 12.4. The Bertz CT molecular complexity index is 847. The second-order valence-electron chi connectivity index (χ2n) is 7.39. The van der Waals surface area contributed by atoms with Crippen LogP contribution in [-0.2, 0) is 26.0 Å². The summed E-state index contributed by atoms with van der Waals surface area (Å²) >= 11 is 0. The Hall–Kier alpha value is -2.09. The largest absolute Gasteiger partial charge is 0.481 e. The van der Waals surface area contributed by atoms with Gasteiger partial charge in [0.15, 0.2) is 0 Å². The highest BCUT2D eigenvalue weighted by atomic mass is 32.2. The third-order valence-electron chi connectivity index (χ3n) is 5.21. The number of hydrogen-bond donors (Lipinski definition) is 2. The number of anilines is 2. The number of carbonyl (C=O) groups is 2. The van der Waals surface area contributed by atoms with Crippen molar-refractivity contribution in [2.75, 3.05) is 22.4 Å².